The molecule has 0 saturated carbocycles. The number of hydrogen-bond acceptors (Lipinski definition) is 6. The monoisotopic (exact) mass is 310 g/mol. The van der Waals surface area contributed by atoms with Gasteiger partial charge in [0.1, 0.15) is 0 Å². The molecule has 3 aromatic rings. The SMILES string of the molecule is Cc1cn2cc(-c3cnc(N)nc3)nc(C3CCOCC3)c2n1. The standard InChI is InChI=1S/C16H18N6O/c1-10-8-22-9-13(12-6-18-16(17)19-7-12)21-14(15(22)20-10)11-2-4-23-5-3-11/h6-9,11H,2-5H2,1H3,(H2,17,18,19). The van der Waals surface area contributed by atoms with E-state index in [4.69, 9.17) is 15.5 Å². The molecule has 0 bridgehead atoms. The summed E-state index contributed by atoms with van der Waals surface area (Å²) in [7, 11) is 0. The fraction of sp³-hybridized carbons (Fsp3) is 0.375. The van der Waals surface area contributed by atoms with E-state index < -0.39 is 0 Å². The molecule has 0 amide bonds. The maximum Gasteiger partial charge on any atom is 0.219 e. The van der Waals surface area contributed by atoms with E-state index in [9.17, 15) is 0 Å². The van der Waals surface area contributed by atoms with Crippen LogP contribution in [0.2, 0.25) is 0 Å². The first-order valence-electron chi connectivity index (χ1n) is 7.72. The van der Waals surface area contributed by atoms with Crippen LogP contribution in [-0.4, -0.2) is 37.6 Å². The highest BCUT2D eigenvalue weighted by atomic mass is 16.5. The van der Waals surface area contributed by atoms with Crippen molar-refractivity contribution in [2.45, 2.75) is 25.7 Å². The molecule has 23 heavy (non-hydrogen) atoms. The van der Waals surface area contributed by atoms with E-state index in [0.717, 1.165) is 54.3 Å². The van der Waals surface area contributed by atoms with Crippen LogP contribution in [0.15, 0.2) is 24.8 Å². The normalized spacial score (nSPS) is 16.0. The molecule has 0 unspecified atom stereocenters. The zero-order chi connectivity index (χ0) is 15.8. The van der Waals surface area contributed by atoms with E-state index in [2.05, 4.69) is 15.0 Å². The quantitative estimate of drug-likeness (QED) is 0.778. The number of nitrogen functional groups attached to an aromatic ring is 1. The fourth-order valence-electron chi connectivity index (χ4n) is 3.00. The molecule has 4 heterocycles. The summed E-state index contributed by atoms with van der Waals surface area (Å²) >= 11 is 0. The Kier molecular flexibility index (Phi) is 3.42. The molecule has 2 N–H and O–H groups in total. The second-order valence-electron chi connectivity index (χ2n) is 5.84. The van der Waals surface area contributed by atoms with E-state index in [1.54, 1.807) is 12.4 Å². The molecule has 1 aliphatic rings. The lowest BCUT2D eigenvalue weighted by Gasteiger charge is -2.22. The molecular formula is C16H18N6O. The fourth-order valence-corrected chi connectivity index (χ4v) is 3.00. The Balaban J connectivity index is 1.87. The summed E-state index contributed by atoms with van der Waals surface area (Å²) in [6.45, 7) is 3.54. The summed E-state index contributed by atoms with van der Waals surface area (Å²) in [6, 6.07) is 0. The van der Waals surface area contributed by atoms with Crippen LogP contribution in [0.5, 0.6) is 0 Å². The summed E-state index contributed by atoms with van der Waals surface area (Å²) in [5, 5.41) is 0. The van der Waals surface area contributed by atoms with Gasteiger partial charge in [0.2, 0.25) is 5.95 Å². The first kappa shape index (κ1) is 14.1. The second kappa shape index (κ2) is 5.58. The van der Waals surface area contributed by atoms with E-state index >= 15 is 0 Å². The van der Waals surface area contributed by atoms with Crippen molar-refractivity contribution >= 4 is 11.6 Å². The van der Waals surface area contributed by atoms with Crippen molar-refractivity contribution < 1.29 is 4.74 Å². The van der Waals surface area contributed by atoms with Crippen LogP contribution in [-0.2, 0) is 4.74 Å². The summed E-state index contributed by atoms with van der Waals surface area (Å²) in [5.41, 5.74) is 10.2. The second-order valence-corrected chi connectivity index (χ2v) is 5.84. The third-order valence-electron chi connectivity index (χ3n) is 4.16. The van der Waals surface area contributed by atoms with Gasteiger partial charge in [-0.25, -0.2) is 19.9 Å². The zero-order valence-electron chi connectivity index (χ0n) is 12.9. The maximum atomic E-state index is 5.57. The summed E-state index contributed by atoms with van der Waals surface area (Å²) in [6.07, 6.45) is 9.32. The molecule has 4 rings (SSSR count). The molecule has 0 radical (unpaired) electrons. The molecule has 1 saturated heterocycles. The summed E-state index contributed by atoms with van der Waals surface area (Å²) < 4.78 is 7.52. The van der Waals surface area contributed by atoms with Crippen LogP contribution in [0.25, 0.3) is 16.9 Å². The number of nitrogens with two attached hydrogens (primary N) is 1. The molecule has 0 atom stereocenters. The largest absolute Gasteiger partial charge is 0.381 e. The minimum absolute atomic E-state index is 0.262. The highest BCUT2D eigenvalue weighted by Crippen LogP contribution is 2.30. The number of aromatic nitrogens is 5. The van der Waals surface area contributed by atoms with Gasteiger partial charge < -0.3 is 14.9 Å². The van der Waals surface area contributed by atoms with Crippen LogP contribution in [0.4, 0.5) is 5.95 Å². The van der Waals surface area contributed by atoms with Crippen LogP contribution in [0.3, 0.4) is 0 Å². The third-order valence-corrected chi connectivity index (χ3v) is 4.16. The number of imidazole rings is 1. The summed E-state index contributed by atoms with van der Waals surface area (Å²) in [5.74, 6) is 0.626. The number of aryl methyl sites for hydroxylation is 1. The topological polar surface area (TPSA) is 91.2 Å². The van der Waals surface area contributed by atoms with E-state index in [1.165, 1.54) is 0 Å². The smallest absolute Gasteiger partial charge is 0.219 e. The Morgan fingerprint density at radius 1 is 1.13 bits per heavy atom. The van der Waals surface area contributed by atoms with Crippen molar-refractivity contribution in [3.63, 3.8) is 0 Å². The average Bonchev–Trinajstić information content (AvgIpc) is 2.95. The van der Waals surface area contributed by atoms with Crippen molar-refractivity contribution in [1.29, 1.82) is 0 Å². The molecule has 7 heteroatoms. The Hall–Kier alpha value is -2.54. The number of rotatable bonds is 2. The van der Waals surface area contributed by atoms with E-state index in [0.29, 0.717) is 5.92 Å². The van der Waals surface area contributed by atoms with E-state index in [-0.39, 0.29) is 5.95 Å². The molecule has 1 aliphatic heterocycles. The van der Waals surface area contributed by atoms with Crippen molar-refractivity contribution in [1.82, 2.24) is 24.3 Å². The predicted octanol–water partition coefficient (Wildman–Crippen LogP) is 1.97. The van der Waals surface area contributed by atoms with Crippen molar-refractivity contribution in [2.24, 2.45) is 0 Å². The van der Waals surface area contributed by atoms with Crippen molar-refractivity contribution in [3.05, 3.63) is 36.2 Å². The number of fused-ring (bicyclic) bond motifs is 1. The lowest BCUT2D eigenvalue weighted by Crippen LogP contribution is -2.16. The van der Waals surface area contributed by atoms with Crippen LogP contribution < -0.4 is 5.73 Å². The van der Waals surface area contributed by atoms with Gasteiger partial charge >= 0.3 is 0 Å². The number of hydrogen-bond donors (Lipinski definition) is 1. The highest BCUT2D eigenvalue weighted by molar-refractivity contribution is 5.60. The minimum Gasteiger partial charge on any atom is -0.381 e. The van der Waals surface area contributed by atoms with Gasteiger partial charge in [0.15, 0.2) is 5.65 Å². The van der Waals surface area contributed by atoms with Crippen LogP contribution >= 0.6 is 0 Å². The van der Waals surface area contributed by atoms with Gasteiger partial charge in [-0.05, 0) is 19.8 Å². The molecule has 1 fully saturated rings. The molecular weight excluding hydrogens is 292 g/mol. The first-order valence-corrected chi connectivity index (χ1v) is 7.72. The van der Waals surface area contributed by atoms with Gasteiger partial charge in [-0.3, -0.25) is 0 Å². The van der Waals surface area contributed by atoms with Gasteiger partial charge in [0.05, 0.1) is 17.1 Å². The van der Waals surface area contributed by atoms with Gasteiger partial charge in [-0.1, -0.05) is 0 Å². The molecule has 0 aromatic carbocycles. The average molecular weight is 310 g/mol. The number of nitrogens with zero attached hydrogens (tertiary/aromatic N) is 5. The lowest BCUT2D eigenvalue weighted by molar-refractivity contribution is 0.0847. The molecule has 0 aliphatic carbocycles. The van der Waals surface area contributed by atoms with Crippen LogP contribution in [0.1, 0.15) is 30.1 Å². The maximum absolute atomic E-state index is 5.57. The molecule has 3 aromatic heterocycles. The highest BCUT2D eigenvalue weighted by Gasteiger charge is 2.22. The number of ether oxygens (including phenoxy) is 1. The lowest BCUT2D eigenvalue weighted by atomic mass is 9.96. The van der Waals surface area contributed by atoms with Crippen LogP contribution in [0, 0.1) is 6.92 Å². The van der Waals surface area contributed by atoms with Gasteiger partial charge in [0, 0.05) is 49.5 Å². The van der Waals surface area contributed by atoms with Crippen molar-refractivity contribution in [3.8, 4) is 11.3 Å². The van der Waals surface area contributed by atoms with E-state index in [1.807, 2.05) is 23.7 Å². The Labute approximate surface area is 133 Å². The van der Waals surface area contributed by atoms with Gasteiger partial charge in [0.25, 0.3) is 0 Å². The number of anilines is 1. The third kappa shape index (κ3) is 2.63. The molecule has 7 nitrogen and oxygen atoms in total. The zero-order valence-corrected chi connectivity index (χ0v) is 12.9. The minimum atomic E-state index is 0.262. The van der Waals surface area contributed by atoms with Crippen molar-refractivity contribution in [2.75, 3.05) is 18.9 Å². The van der Waals surface area contributed by atoms with Gasteiger partial charge in [-0.15, -0.1) is 0 Å². The summed E-state index contributed by atoms with van der Waals surface area (Å²) in [4.78, 5) is 17.7. The first-order chi connectivity index (χ1) is 11.2. The molecule has 118 valence electrons. The Morgan fingerprint density at radius 3 is 2.61 bits per heavy atom. The predicted molar refractivity (Wildman–Crippen MR) is 86.0 cm³/mol. The Bertz CT molecular complexity index is 836. The molecule has 0 spiro atoms. The van der Waals surface area contributed by atoms with Gasteiger partial charge in [-0.2, -0.15) is 0 Å². The Morgan fingerprint density at radius 2 is 1.87 bits per heavy atom.